The third-order valence-electron chi connectivity index (χ3n) is 6.28. The van der Waals surface area contributed by atoms with Crippen molar-refractivity contribution in [2.45, 2.75) is 26.7 Å². The summed E-state index contributed by atoms with van der Waals surface area (Å²) in [6.45, 7) is 5.68. The minimum Gasteiger partial charge on any atom is -0.353 e. The topological polar surface area (TPSA) is 94.0 Å². The summed E-state index contributed by atoms with van der Waals surface area (Å²) in [6.07, 6.45) is 0. The van der Waals surface area contributed by atoms with Crippen LogP contribution in [0, 0.1) is 31.0 Å². The molecular formula is C30H27FN4O2S. The molecule has 1 aliphatic heterocycles. The summed E-state index contributed by atoms with van der Waals surface area (Å²) in [4.78, 5) is 26.1. The number of para-hydroxylation sites is 1. The van der Waals surface area contributed by atoms with Gasteiger partial charge in [0.05, 0.1) is 28.3 Å². The normalized spacial score (nSPS) is 15.0. The van der Waals surface area contributed by atoms with Crippen molar-refractivity contribution in [1.82, 2.24) is 5.32 Å². The minimum atomic E-state index is -0.948. The molecule has 4 rings (SSSR count). The van der Waals surface area contributed by atoms with Gasteiger partial charge in [0, 0.05) is 28.2 Å². The molecule has 3 N–H and O–H groups in total. The predicted molar refractivity (Wildman–Crippen MR) is 150 cm³/mol. The number of aryl methyl sites for hydroxylation is 2. The molecule has 8 heteroatoms. The first kappa shape index (κ1) is 26.7. The van der Waals surface area contributed by atoms with E-state index in [-0.39, 0.29) is 28.4 Å². The number of anilines is 2. The number of allylic oxidation sites excluding steroid dienone is 2. The van der Waals surface area contributed by atoms with Gasteiger partial charge in [0.1, 0.15) is 5.82 Å². The lowest BCUT2D eigenvalue weighted by atomic mass is 9.82. The zero-order valence-corrected chi connectivity index (χ0v) is 22.1. The molecule has 1 atom stereocenters. The third kappa shape index (κ3) is 5.96. The molecule has 0 bridgehead atoms. The number of carbonyl (C=O) groups excluding carboxylic acids is 2. The highest BCUT2D eigenvalue weighted by Crippen LogP contribution is 2.41. The van der Waals surface area contributed by atoms with Crippen LogP contribution in [0.25, 0.3) is 0 Å². The predicted octanol–water partition coefficient (Wildman–Crippen LogP) is 6.15. The van der Waals surface area contributed by atoms with E-state index in [1.165, 1.54) is 6.07 Å². The number of thioether (sulfide) groups is 1. The molecule has 6 nitrogen and oxygen atoms in total. The standard InChI is InChI=1S/C30H27FN4O2S/c1-18-13-14-22(15-19(18)2)34-26(36)17-38-30-24(16-32)28(23-11-7-8-12-25(23)31)27(20(3)33-30)29(37)35-21-9-5-4-6-10-21/h4-15,28,33H,17H2,1-3H3,(H,34,36)(H,35,37). The van der Waals surface area contributed by atoms with Gasteiger partial charge < -0.3 is 16.0 Å². The Balaban J connectivity index is 1.63. The van der Waals surface area contributed by atoms with Crippen molar-refractivity contribution in [2.24, 2.45) is 0 Å². The first-order valence-corrected chi connectivity index (χ1v) is 13.0. The fourth-order valence-corrected chi connectivity index (χ4v) is 5.11. The molecule has 38 heavy (non-hydrogen) atoms. The van der Waals surface area contributed by atoms with Crippen molar-refractivity contribution < 1.29 is 14.0 Å². The lowest BCUT2D eigenvalue weighted by Gasteiger charge is -2.30. The molecule has 192 valence electrons. The smallest absolute Gasteiger partial charge is 0.254 e. The number of amides is 2. The van der Waals surface area contributed by atoms with Crippen LogP contribution in [-0.4, -0.2) is 17.6 Å². The van der Waals surface area contributed by atoms with Gasteiger partial charge in [-0.15, -0.1) is 0 Å². The second-order valence-electron chi connectivity index (χ2n) is 8.93. The number of hydrogen-bond donors (Lipinski definition) is 3. The molecule has 1 heterocycles. The maximum Gasteiger partial charge on any atom is 0.254 e. The number of benzene rings is 3. The van der Waals surface area contributed by atoms with Gasteiger partial charge in [-0.1, -0.05) is 54.2 Å². The number of hydrogen-bond acceptors (Lipinski definition) is 5. The van der Waals surface area contributed by atoms with Crippen molar-refractivity contribution in [3.8, 4) is 6.07 Å². The van der Waals surface area contributed by atoms with E-state index in [1.54, 1.807) is 49.4 Å². The summed E-state index contributed by atoms with van der Waals surface area (Å²) in [5.74, 6) is -2.15. The highest BCUT2D eigenvalue weighted by atomic mass is 32.2. The van der Waals surface area contributed by atoms with Crippen LogP contribution in [0.2, 0.25) is 0 Å². The monoisotopic (exact) mass is 526 g/mol. The molecule has 0 saturated heterocycles. The van der Waals surface area contributed by atoms with E-state index in [2.05, 4.69) is 22.0 Å². The maximum atomic E-state index is 15.0. The van der Waals surface area contributed by atoms with Crippen LogP contribution < -0.4 is 16.0 Å². The Morgan fingerprint density at radius 3 is 2.34 bits per heavy atom. The molecule has 1 aliphatic rings. The van der Waals surface area contributed by atoms with Crippen LogP contribution in [0.3, 0.4) is 0 Å². The molecule has 0 saturated carbocycles. The third-order valence-corrected chi connectivity index (χ3v) is 7.30. The fourth-order valence-electron chi connectivity index (χ4n) is 4.22. The lowest BCUT2D eigenvalue weighted by Crippen LogP contribution is -2.31. The highest BCUT2D eigenvalue weighted by Gasteiger charge is 2.36. The number of carbonyl (C=O) groups is 2. The van der Waals surface area contributed by atoms with Gasteiger partial charge in [-0.05, 0) is 62.2 Å². The molecule has 0 aromatic heterocycles. The first-order valence-electron chi connectivity index (χ1n) is 12.0. The number of nitriles is 1. The number of rotatable bonds is 7. The second kappa shape index (κ2) is 11.8. The highest BCUT2D eigenvalue weighted by molar-refractivity contribution is 8.03. The van der Waals surface area contributed by atoms with Gasteiger partial charge in [-0.25, -0.2) is 4.39 Å². The van der Waals surface area contributed by atoms with E-state index in [1.807, 2.05) is 38.1 Å². The number of nitrogens with one attached hydrogen (secondary N) is 3. The average Bonchev–Trinajstić information content (AvgIpc) is 2.90. The van der Waals surface area contributed by atoms with Gasteiger partial charge in [-0.2, -0.15) is 5.26 Å². The first-order chi connectivity index (χ1) is 18.3. The van der Waals surface area contributed by atoms with E-state index in [4.69, 9.17) is 0 Å². The number of halogens is 1. The van der Waals surface area contributed by atoms with Gasteiger partial charge >= 0.3 is 0 Å². The van der Waals surface area contributed by atoms with Crippen LogP contribution in [0.15, 0.2) is 94.7 Å². The average molecular weight is 527 g/mol. The zero-order valence-electron chi connectivity index (χ0n) is 21.3. The van der Waals surface area contributed by atoms with Gasteiger partial charge in [0.2, 0.25) is 5.91 Å². The van der Waals surface area contributed by atoms with E-state index in [9.17, 15) is 14.9 Å². The Morgan fingerprint density at radius 2 is 1.66 bits per heavy atom. The van der Waals surface area contributed by atoms with E-state index >= 15 is 4.39 Å². The van der Waals surface area contributed by atoms with Gasteiger partial charge in [0.15, 0.2) is 0 Å². The summed E-state index contributed by atoms with van der Waals surface area (Å²) in [5.41, 5.74) is 4.54. The summed E-state index contributed by atoms with van der Waals surface area (Å²) in [7, 11) is 0. The summed E-state index contributed by atoms with van der Waals surface area (Å²) in [5, 5.41) is 19.4. The molecule has 0 fully saturated rings. The van der Waals surface area contributed by atoms with E-state index < -0.39 is 17.6 Å². The summed E-state index contributed by atoms with van der Waals surface area (Å²) >= 11 is 1.14. The van der Waals surface area contributed by atoms with E-state index in [0.29, 0.717) is 22.1 Å². The Kier molecular flexibility index (Phi) is 8.29. The minimum absolute atomic E-state index is 0.0171. The Bertz CT molecular complexity index is 1490. The summed E-state index contributed by atoms with van der Waals surface area (Å²) < 4.78 is 15.0. The van der Waals surface area contributed by atoms with Crippen molar-refractivity contribution >= 4 is 35.0 Å². The number of nitrogens with zero attached hydrogens (tertiary/aromatic N) is 1. The Morgan fingerprint density at radius 1 is 0.947 bits per heavy atom. The van der Waals surface area contributed by atoms with Crippen LogP contribution >= 0.6 is 11.8 Å². The van der Waals surface area contributed by atoms with Crippen molar-refractivity contribution in [3.05, 3.63) is 117 Å². The van der Waals surface area contributed by atoms with E-state index in [0.717, 1.165) is 22.9 Å². The molecule has 3 aromatic carbocycles. The molecule has 2 amide bonds. The quantitative estimate of drug-likeness (QED) is 0.343. The zero-order chi connectivity index (χ0) is 27.2. The molecule has 0 aliphatic carbocycles. The number of dihydropyridines is 1. The molecule has 0 radical (unpaired) electrons. The largest absolute Gasteiger partial charge is 0.353 e. The Hall–Kier alpha value is -4.35. The van der Waals surface area contributed by atoms with Gasteiger partial charge in [0.25, 0.3) is 5.91 Å². The fraction of sp³-hybridized carbons (Fsp3) is 0.167. The summed E-state index contributed by atoms with van der Waals surface area (Å²) in [6, 6.07) is 22.9. The molecule has 1 unspecified atom stereocenters. The van der Waals surface area contributed by atoms with Crippen LogP contribution in [-0.2, 0) is 9.59 Å². The van der Waals surface area contributed by atoms with Crippen LogP contribution in [0.1, 0.15) is 29.5 Å². The Labute approximate surface area is 225 Å². The van der Waals surface area contributed by atoms with Crippen molar-refractivity contribution in [1.29, 1.82) is 5.26 Å². The van der Waals surface area contributed by atoms with Crippen molar-refractivity contribution in [2.75, 3.05) is 16.4 Å². The maximum absolute atomic E-state index is 15.0. The second-order valence-corrected chi connectivity index (χ2v) is 9.91. The molecule has 3 aromatic rings. The van der Waals surface area contributed by atoms with Gasteiger partial charge in [-0.3, -0.25) is 9.59 Å². The van der Waals surface area contributed by atoms with Crippen LogP contribution in [0.5, 0.6) is 0 Å². The SMILES string of the molecule is CC1=C(C(=O)Nc2ccccc2)C(c2ccccc2F)C(C#N)=C(SCC(=O)Nc2ccc(C)c(C)c2)N1. The molecule has 0 spiro atoms. The van der Waals surface area contributed by atoms with Crippen LogP contribution in [0.4, 0.5) is 15.8 Å². The van der Waals surface area contributed by atoms with Crippen molar-refractivity contribution in [3.63, 3.8) is 0 Å². The molecular weight excluding hydrogens is 499 g/mol. The lowest BCUT2D eigenvalue weighted by molar-refractivity contribution is -0.114.